The molecule has 14 nitrogen and oxygen atoms in total. The van der Waals surface area contributed by atoms with Gasteiger partial charge in [-0.25, -0.2) is 0 Å². The van der Waals surface area contributed by atoms with Gasteiger partial charge in [-0.15, -0.1) is 0 Å². The highest BCUT2D eigenvalue weighted by atomic mass is 16.5. The summed E-state index contributed by atoms with van der Waals surface area (Å²) in [5, 5.41) is 0. The molecule has 110 heavy (non-hydrogen) atoms. The molecule has 0 bridgehead atoms. The Morgan fingerprint density at radius 2 is 0.264 bits per heavy atom. The largest absolute Gasteiger partial charge is 0.494 e. The van der Waals surface area contributed by atoms with E-state index in [1.165, 1.54) is 0 Å². The second-order valence-electron chi connectivity index (χ2n) is 25.9. The van der Waals surface area contributed by atoms with Crippen LogP contribution in [0.2, 0.25) is 0 Å². The highest BCUT2D eigenvalue weighted by Gasteiger charge is 2.19. The van der Waals surface area contributed by atoms with E-state index in [0.717, 1.165) is 101 Å². The van der Waals surface area contributed by atoms with Crippen molar-refractivity contribution in [1.29, 1.82) is 0 Å². The lowest BCUT2D eigenvalue weighted by atomic mass is 10.0. The van der Waals surface area contributed by atoms with Crippen molar-refractivity contribution in [2.24, 2.45) is 0 Å². The third-order valence-corrected chi connectivity index (χ3v) is 15.8. The van der Waals surface area contributed by atoms with Crippen LogP contribution in [0.3, 0.4) is 0 Å². The fraction of sp³-hybridized carbons (Fsp3) is 0.438. The minimum atomic E-state index is 0.434. The van der Waals surface area contributed by atoms with Crippen LogP contribution >= 0.6 is 0 Å². The Morgan fingerprint density at radius 1 is 0.145 bits per heavy atom. The van der Waals surface area contributed by atoms with Gasteiger partial charge in [-0.1, -0.05) is 168 Å². The number of benzene rings is 7. The molecule has 0 aliphatic heterocycles. The second-order valence-corrected chi connectivity index (χ2v) is 25.9. The molecule has 0 radical (unpaired) electrons. The normalized spacial score (nSPS) is 10.3. The predicted molar refractivity (Wildman–Crippen MR) is 442 cm³/mol. The van der Waals surface area contributed by atoms with E-state index in [-0.39, 0.29) is 0 Å². The first-order chi connectivity index (χ1) is 53.9. The van der Waals surface area contributed by atoms with Gasteiger partial charge in [0, 0.05) is 60.7 Å². The van der Waals surface area contributed by atoms with Crippen LogP contribution in [0.5, 0.6) is 80.5 Å². The van der Waals surface area contributed by atoms with Crippen LogP contribution in [0.4, 0.5) is 0 Å². The van der Waals surface area contributed by atoms with Crippen LogP contribution in [0, 0.1) is 71.0 Å². The Balaban J connectivity index is 1.32. The molecule has 7 aromatic rings. The van der Waals surface area contributed by atoms with Crippen LogP contribution < -0.4 is 66.3 Å². The van der Waals surface area contributed by atoms with E-state index in [0.29, 0.717) is 228 Å². The summed E-state index contributed by atoms with van der Waals surface area (Å²) >= 11 is 0. The summed E-state index contributed by atoms with van der Waals surface area (Å²) in [6, 6.07) is 30.7. The molecule has 0 heterocycles. The molecule has 0 spiro atoms. The zero-order valence-electron chi connectivity index (χ0n) is 67.8. The zero-order chi connectivity index (χ0) is 78.5. The van der Waals surface area contributed by atoms with Gasteiger partial charge < -0.3 is 66.3 Å². The van der Waals surface area contributed by atoms with E-state index in [1.54, 1.807) is 0 Å². The fourth-order valence-electron chi connectivity index (χ4n) is 10.4. The zero-order valence-corrected chi connectivity index (χ0v) is 67.8. The molecule has 0 saturated heterocycles. The van der Waals surface area contributed by atoms with Gasteiger partial charge >= 0.3 is 0 Å². The number of ether oxygens (including phenoxy) is 14. The van der Waals surface area contributed by atoms with Crippen LogP contribution in [-0.4, -0.2) is 92.5 Å². The van der Waals surface area contributed by atoms with Crippen molar-refractivity contribution in [1.82, 2.24) is 0 Å². The van der Waals surface area contributed by atoms with Crippen molar-refractivity contribution in [3.8, 4) is 152 Å². The second kappa shape index (κ2) is 49.2. The molecule has 0 saturated carbocycles. The minimum absolute atomic E-state index is 0.434. The summed E-state index contributed by atoms with van der Waals surface area (Å²) in [6.45, 7) is 35.9. The van der Waals surface area contributed by atoms with E-state index in [1.807, 2.05) is 97.1 Å². The molecule has 0 atom stereocenters. The van der Waals surface area contributed by atoms with Crippen LogP contribution in [0.15, 0.2) is 97.1 Å². The molecule has 7 aromatic carbocycles. The molecule has 0 aliphatic rings. The lowest BCUT2D eigenvalue weighted by molar-refractivity contribution is 0.307. The topological polar surface area (TPSA) is 129 Å². The third kappa shape index (κ3) is 27.3. The molecule has 0 N–H and O–H groups in total. The number of hydrogen-bond acceptors (Lipinski definition) is 14. The van der Waals surface area contributed by atoms with Crippen molar-refractivity contribution < 1.29 is 66.3 Å². The lowest BCUT2D eigenvalue weighted by Crippen LogP contribution is -2.03. The first-order valence-electron chi connectivity index (χ1n) is 40.0. The number of rotatable bonds is 42. The Morgan fingerprint density at radius 3 is 0.400 bits per heavy atom. The summed E-state index contributed by atoms with van der Waals surface area (Å²) in [7, 11) is 0. The monoisotopic (exact) mass is 1490 g/mol. The maximum Gasteiger partial charge on any atom is 0.136 e. The van der Waals surface area contributed by atoms with E-state index in [4.69, 9.17) is 66.3 Å². The minimum Gasteiger partial charge on any atom is -0.494 e. The molecule has 582 valence electrons. The Hall–Kier alpha value is -10.9. The van der Waals surface area contributed by atoms with Gasteiger partial charge in [-0.05, 0) is 126 Å². The molecule has 14 heteroatoms. The quantitative estimate of drug-likeness (QED) is 0.0337. The Labute approximate surface area is 657 Å². The molecule has 0 aromatic heterocycles. The highest BCUT2D eigenvalue weighted by Crippen LogP contribution is 2.37. The first kappa shape index (κ1) is 86.3. The maximum atomic E-state index is 6.55. The number of hydrogen-bond donors (Lipinski definition) is 0. The Bertz CT molecular complexity index is 4190. The summed E-state index contributed by atoms with van der Waals surface area (Å²) in [5.74, 6) is 49.7. The summed E-state index contributed by atoms with van der Waals surface area (Å²) in [6.07, 6.45) is 11.2. The van der Waals surface area contributed by atoms with Crippen molar-refractivity contribution in [2.75, 3.05) is 92.5 Å². The maximum absolute atomic E-state index is 6.55. The van der Waals surface area contributed by atoms with E-state index in [2.05, 4.69) is 168 Å². The molecule has 0 amide bonds. The summed E-state index contributed by atoms with van der Waals surface area (Å²) in [5.41, 5.74) is 7.68. The molecule has 0 aliphatic carbocycles. The van der Waals surface area contributed by atoms with Crippen molar-refractivity contribution >= 4 is 0 Å². The molecule has 0 unspecified atom stereocenters. The van der Waals surface area contributed by atoms with E-state index >= 15 is 0 Å². The van der Waals surface area contributed by atoms with Gasteiger partial charge in [-0.2, -0.15) is 0 Å². The standard InChI is InChI=1S/C96H114O14/c1-15-45-97-83-41-43-85(99-47-17-3)71(59-83)29-31-73-61-89(103-51-21-7)75(63-87(73)101-49-19-5)33-35-77-65-93(107-55-25-11)79(67-91(77)105-53-23-9)37-39-81-69-96(110-58-28-14)82(70-95(81)109-57-27-13)40-38-80-68-92(106-54-24-10)78(66-94(80)108-56-26-12)36-34-76-64-88(102-50-20-6)74(62-90(76)104-52-22-8)32-30-72-60-84(98-46-16-2)42-44-86(72)100-48-18-4/h41-44,59-70H,15-28,45-58H2,1-14H3. The lowest BCUT2D eigenvalue weighted by Gasteiger charge is -2.15. The van der Waals surface area contributed by atoms with Crippen molar-refractivity contribution in [2.45, 2.75) is 187 Å². The van der Waals surface area contributed by atoms with Crippen LogP contribution in [0.1, 0.15) is 254 Å². The average Bonchev–Trinajstić information content (AvgIpc) is 0.811. The van der Waals surface area contributed by atoms with Crippen molar-refractivity contribution in [3.63, 3.8) is 0 Å². The van der Waals surface area contributed by atoms with Gasteiger partial charge in [0.25, 0.3) is 0 Å². The van der Waals surface area contributed by atoms with Gasteiger partial charge in [0.1, 0.15) is 80.5 Å². The SMILES string of the molecule is CCCOc1ccc(OCCC)c(C#Cc2cc(OCCC)c(C#Cc3cc(OCCC)c(C#Cc4cc(OCCC)c(C#Cc5cc(OCCC)c(C#Cc6cc(OCCC)c(C#Cc7cc(OCCC)ccc7OCCC)cc6OCCC)cc5OCCC)cc4OCCC)cc3OCCC)cc2OCCC)c1. The molecule has 0 fully saturated rings. The van der Waals surface area contributed by atoms with Gasteiger partial charge in [-0.3, -0.25) is 0 Å². The van der Waals surface area contributed by atoms with Crippen LogP contribution in [0.25, 0.3) is 0 Å². The third-order valence-electron chi connectivity index (χ3n) is 15.8. The average molecular weight is 1490 g/mol. The summed E-state index contributed by atoms with van der Waals surface area (Å²) in [4.78, 5) is 0. The van der Waals surface area contributed by atoms with E-state index in [9.17, 15) is 0 Å². The van der Waals surface area contributed by atoms with Gasteiger partial charge in [0.05, 0.1) is 159 Å². The molecular formula is C96H114O14. The smallest absolute Gasteiger partial charge is 0.136 e. The Kier molecular flexibility index (Phi) is 38.6. The highest BCUT2D eigenvalue weighted by molar-refractivity contribution is 5.69. The van der Waals surface area contributed by atoms with Crippen LogP contribution in [-0.2, 0) is 0 Å². The summed E-state index contributed by atoms with van der Waals surface area (Å²) < 4.78 is 89.2. The molecule has 7 rings (SSSR count). The predicted octanol–water partition coefficient (Wildman–Crippen LogP) is 21.1. The first-order valence-corrected chi connectivity index (χ1v) is 40.0. The van der Waals surface area contributed by atoms with Crippen molar-refractivity contribution in [3.05, 3.63) is 164 Å². The van der Waals surface area contributed by atoms with E-state index < -0.39 is 0 Å². The van der Waals surface area contributed by atoms with Gasteiger partial charge in [0.15, 0.2) is 0 Å². The molecular weight excluding hydrogens is 1380 g/mol. The van der Waals surface area contributed by atoms with Gasteiger partial charge in [0.2, 0.25) is 0 Å². The fourth-order valence-corrected chi connectivity index (χ4v) is 10.4.